The van der Waals surface area contributed by atoms with E-state index in [-0.39, 0.29) is 17.8 Å². The summed E-state index contributed by atoms with van der Waals surface area (Å²) in [6, 6.07) is 9.54. The van der Waals surface area contributed by atoms with Crippen molar-refractivity contribution in [1.82, 2.24) is 9.55 Å². The fraction of sp³-hybridized carbons (Fsp3) is 0.300. The number of carbonyl (C=O) groups is 1. The van der Waals surface area contributed by atoms with Gasteiger partial charge in [0.2, 0.25) is 0 Å². The van der Waals surface area contributed by atoms with Gasteiger partial charge in [0.15, 0.2) is 0 Å². The number of hydrogen-bond donors (Lipinski definition) is 1. The summed E-state index contributed by atoms with van der Waals surface area (Å²) in [6.45, 7) is -0.0199. The van der Waals surface area contributed by atoms with Crippen LogP contribution in [-0.4, -0.2) is 27.3 Å². The van der Waals surface area contributed by atoms with Gasteiger partial charge in [0, 0.05) is 22.9 Å². The van der Waals surface area contributed by atoms with E-state index in [1.165, 1.54) is 12.1 Å². The summed E-state index contributed by atoms with van der Waals surface area (Å²) in [7, 11) is 0. The first-order valence-electron chi connectivity index (χ1n) is 8.63. The van der Waals surface area contributed by atoms with Crippen molar-refractivity contribution in [3.8, 4) is 0 Å². The van der Waals surface area contributed by atoms with Crippen LogP contribution in [0.2, 0.25) is 0 Å². The van der Waals surface area contributed by atoms with Crippen LogP contribution >= 0.6 is 15.9 Å². The number of benzene rings is 2. The van der Waals surface area contributed by atoms with Gasteiger partial charge in [0.25, 0.3) is 0 Å². The molecule has 0 aliphatic heterocycles. The Hall–Kier alpha value is -2.28. The van der Waals surface area contributed by atoms with Crippen LogP contribution in [0, 0.1) is 11.2 Å². The molecule has 1 fully saturated rings. The third kappa shape index (κ3) is 3.48. The fourth-order valence-corrected chi connectivity index (χ4v) is 3.63. The second kappa shape index (κ2) is 6.71. The molecular weight excluding hydrogens is 418 g/mol. The zero-order chi connectivity index (χ0) is 19.2. The molecule has 1 aliphatic rings. The van der Waals surface area contributed by atoms with Gasteiger partial charge in [-0.25, -0.2) is 14.2 Å². The maximum atomic E-state index is 14.3. The Labute approximate surface area is 163 Å². The molecule has 0 radical (unpaired) electrons. The molecule has 2 aromatic carbocycles. The Bertz CT molecular complexity index is 1040. The molecule has 1 aromatic heterocycles. The molecule has 140 valence electrons. The van der Waals surface area contributed by atoms with E-state index in [1.54, 1.807) is 24.3 Å². The van der Waals surface area contributed by atoms with Crippen LogP contribution in [-0.2, 0) is 13.0 Å². The first kappa shape index (κ1) is 18.1. The van der Waals surface area contributed by atoms with Gasteiger partial charge in [-0.05, 0) is 48.7 Å². The molecule has 1 heterocycles. The molecule has 4 rings (SSSR count). The van der Waals surface area contributed by atoms with Crippen molar-refractivity contribution in [2.45, 2.75) is 25.8 Å². The zero-order valence-electron chi connectivity index (χ0n) is 14.4. The van der Waals surface area contributed by atoms with Gasteiger partial charge in [-0.1, -0.05) is 22.0 Å². The van der Waals surface area contributed by atoms with Gasteiger partial charge in [0.05, 0.1) is 23.3 Å². The van der Waals surface area contributed by atoms with Crippen molar-refractivity contribution in [3.05, 3.63) is 63.6 Å². The second-order valence-corrected chi connectivity index (χ2v) is 8.08. The summed E-state index contributed by atoms with van der Waals surface area (Å²) < 4.78 is 30.3. The van der Waals surface area contributed by atoms with E-state index in [2.05, 4.69) is 20.9 Å². The number of imidazole rings is 1. The van der Waals surface area contributed by atoms with E-state index in [4.69, 9.17) is 0 Å². The average molecular weight is 435 g/mol. The minimum Gasteiger partial charge on any atom is -0.478 e. The lowest BCUT2D eigenvalue weighted by molar-refractivity contribution is 0.0697. The Morgan fingerprint density at radius 1 is 1.26 bits per heavy atom. The Morgan fingerprint density at radius 2 is 2.04 bits per heavy atom. The molecule has 3 aromatic rings. The van der Waals surface area contributed by atoms with E-state index in [1.807, 2.05) is 4.57 Å². The van der Waals surface area contributed by atoms with Gasteiger partial charge in [-0.2, -0.15) is 0 Å². The van der Waals surface area contributed by atoms with Crippen LogP contribution in [0.3, 0.4) is 0 Å². The molecule has 0 amide bonds. The molecule has 1 saturated carbocycles. The van der Waals surface area contributed by atoms with Crippen LogP contribution < -0.4 is 0 Å². The number of fused-ring (bicyclic) bond motifs is 1. The number of nitrogens with zero attached hydrogens (tertiary/aromatic N) is 2. The number of carboxylic acids is 1. The summed E-state index contributed by atoms with van der Waals surface area (Å²) in [5.74, 6) is -0.772. The molecule has 7 heteroatoms. The first-order valence-corrected chi connectivity index (χ1v) is 9.42. The van der Waals surface area contributed by atoms with E-state index < -0.39 is 18.1 Å². The van der Waals surface area contributed by atoms with Gasteiger partial charge in [-0.3, -0.25) is 4.39 Å². The fourth-order valence-electron chi connectivity index (χ4n) is 3.30. The predicted molar refractivity (Wildman–Crippen MR) is 101 cm³/mol. The van der Waals surface area contributed by atoms with Gasteiger partial charge < -0.3 is 9.67 Å². The van der Waals surface area contributed by atoms with E-state index in [0.717, 1.165) is 12.8 Å². The zero-order valence-corrected chi connectivity index (χ0v) is 16.0. The maximum Gasteiger partial charge on any atom is 0.335 e. The number of aromatic carboxylic acids is 1. The predicted octanol–water partition coefficient (Wildman–Crippen LogP) is 4.98. The minimum atomic E-state index is -1.03. The number of carboxylic acid groups (broad SMARTS) is 1. The molecule has 0 saturated heterocycles. The highest BCUT2D eigenvalue weighted by atomic mass is 79.9. The molecule has 1 N–H and O–H groups in total. The van der Waals surface area contributed by atoms with Crippen LogP contribution in [0.25, 0.3) is 11.0 Å². The Balaban J connectivity index is 1.81. The van der Waals surface area contributed by atoms with E-state index in [9.17, 15) is 18.7 Å². The van der Waals surface area contributed by atoms with Gasteiger partial charge in [0.1, 0.15) is 11.6 Å². The number of hydrogen-bond acceptors (Lipinski definition) is 2. The topological polar surface area (TPSA) is 55.1 Å². The minimum absolute atomic E-state index is 0.148. The molecule has 0 bridgehead atoms. The van der Waals surface area contributed by atoms with Gasteiger partial charge in [-0.15, -0.1) is 0 Å². The third-order valence-electron chi connectivity index (χ3n) is 5.17. The second-order valence-electron chi connectivity index (χ2n) is 7.17. The Kier molecular flexibility index (Phi) is 4.50. The summed E-state index contributed by atoms with van der Waals surface area (Å²) in [5.41, 5.74) is 1.48. The summed E-state index contributed by atoms with van der Waals surface area (Å²) in [4.78, 5) is 15.9. The standard InChI is InChI=1S/C20H17BrF2N2O2/c21-14-3-1-12(15(23)9-14)8-18-24-16-4-2-13(19(26)27)7-17(16)25(18)11-20(10-22)5-6-20/h1-4,7,9H,5-6,8,10-11H2,(H,26,27). The van der Waals surface area contributed by atoms with Crippen molar-refractivity contribution >= 4 is 32.9 Å². The van der Waals surface area contributed by atoms with E-state index >= 15 is 0 Å². The third-order valence-corrected chi connectivity index (χ3v) is 5.67. The van der Waals surface area contributed by atoms with Crippen molar-refractivity contribution in [1.29, 1.82) is 0 Å². The van der Waals surface area contributed by atoms with Crippen LogP contribution in [0.1, 0.15) is 34.6 Å². The largest absolute Gasteiger partial charge is 0.478 e. The number of rotatable bonds is 6. The van der Waals surface area contributed by atoms with Crippen molar-refractivity contribution in [3.63, 3.8) is 0 Å². The summed E-state index contributed by atoms with van der Waals surface area (Å²) in [6.07, 6.45) is 1.82. The van der Waals surface area contributed by atoms with Crippen molar-refractivity contribution in [2.24, 2.45) is 5.41 Å². The monoisotopic (exact) mass is 434 g/mol. The lowest BCUT2D eigenvalue weighted by Crippen LogP contribution is -2.16. The van der Waals surface area contributed by atoms with Crippen LogP contribution in [0.4, 0.5) is 8.78 Å². The molecule has 4 nitrogen and oxygen atoms in total. The molecule has 1 aliphatic carbocycles. The number of aromatic nitrogens is 2. The van der Waals surface area contributed by atoms with Crippen LogP contribution in [0.15, 0.2) is 40.9 Å². The van der Waals surface area contributed by atoms with Crippen molar-refractivity contribution in [2.75, 3.05) is 6.67 Å². The summed E-state index contributed by atoms with van der Waals surface area (Å²) >= 11 is 3.25. The molecule has 0 unspecified atom stereocenters. The lowest BCUT2D eigenvalue weighted by Gasteiger charge is -2.16. The van der Waals surface area contributed by atoms with Crippen LogP contribution in [0.5, 0.6) is 0 Å². The highest BCUT2D eigenvalue weighted by Gasteiger charge is 2.43. The smallest absolute Gasteiger partial charge is 0.335 e. The molecule has 0 spiro atoms. The highest BCUT2D eigenvalue weighted by molar-refractivity contribution is 9.10. The summed E-state index contributed by atoms with van der Waals surface area (Å²) in [5, 5.41) is 9.29. The Morgan fingerprint density at radius 3 is 2.67 bits per heavy atom. The molecular formula is C20H17BrF2N2O2. The molecule has 27 heavy (non-hydrogen) atoms. The van der Waals surface area contributed by atoms with Gasteiger partial charge >= 0.3 is 5.97 Å². The number of alkyl halides is 1. The molecule has 0 atom stereocenters. The van der Waals surface area contributed by atoms with E-state index in [0.29, 0.717) is 33.4 Å². The SMILES string of the molecule is O=C(O)c1ccc2nc(Cc3ccc(Br)cc3F)n(CC3(CF)CC3)c2c1. The average Bonchev–Trinajstić information content (AvgIpc) is 3.34. The normalized spacial score (nSPS) is 15.2. The lowest BCUT2D eigenvalue weighted by atomic mass is 10.1. The highest BCUT2D eigenvalue weighted by Crippen LogP contribution is 2.48. The maximum absolute atomic E-state index is 14.3. The quantitative estimate of drug-likeness (QED) is 0.595. The first-order chi connectivity index (χ1) is 12.9. The van der Waals surface area contributed by atoms with Crippen molar-refractivity contribution < 1.29 is 18.7 Å². The number of halogens is 3.